The molecule has 28 heavy (non-hydrogen) atoms. The van der Waals surface area contributed by atoms with E-state index in [1.165, 1.54) is 30.4 Å². The van der Waals surface area contributed by atoms with Crippen LogP contribution in [0.3, 0.4) is 0 Å². The van der Waals surface area contributed by atoms with Crippen molar-refractivity contribution < 1.29 is 14.0 Å². The number of aromatic nitrogens is 3. The maximum Gasteiger partial charge on any atom is 0.325 e. The third kappa shape index (κ3) is 3.12. The number of carbonyl (C=O) groups excluding carboxylic acids is 2. The first-order chi connectivity index (χ1) is 13.4. The summed E-state index contributed by atoms with van der Waals surface area (Å²) >= 11 is 7.42. The minimum Gasteiger partial charge on any atom is -0.319 e. The van der Waals surface area contributed by atoms with E-state index in [0.29, 0.717) is 22.1 Å². The van der Waals surface area contributed by atoms with Crippen LogP contribution in [0.25, 0.3) is 10.8 Å². The van der Waals surface area contributed by atoms with Gasteiger partial charge in [-0.1, -0.05) is 17.7 Å². The van der Waals surface area contributed by atoms with Crippen LogP contribution in [0.5, 0.6) is 0 Å². The molecule has 3 aromatic rings. The van der Waals surface area contributed by atoms with Gasteiger partial charge in [-0.2, -0.15) is 0 Å². The van der Waals surface area contributed by atoms with E-state index >= 15 is 0 Å². The molecule has 1 N–H and O–H groups in total. The van der Waals surface area contributed by atoms with Crippen LogP contribution in [-0.2, 0) is 16.9 Å². The minimum atomic E-state index is -1.39. The summed E-state index contributed by atoms with van der Waals surface area (Å²) in [6.45, 7) is 1.53. The third-order valence-corrected chi connectivity index (χ3v) is 5.57. The first-order valence-corrected chi connectivity index (χ1v) is 9.45. The summed E-state index contributed by atoms with van der Waals surface area (Å²) in [5.74, 6) is -0.542. The maximum absolute atomic E-state index is 13.4. The second-order valence-corrected chi connectivity index (χ2v) is 7.55. The molecule has 0 saturated carbocycles. The first-order valence-electron chi connectivity index (χ1n) is 8.20. The van der Waals surface area contributed by atoms with Gasteiger partial charge in [0.25, 0.3) is 5.91 Å². The number of nitrogens with zero attached hydrogens (tertiary/aromatic N) is 4. The zero-order valence-corrected chi connectivity index (χ0v) is 16.1. The smallest absolute Gasteiger partial charge is 0.319 e. The molecule has 0 bridgehead atoms. The molecule has 1 aliphatic rings. The zero-order valence-electron chi connectivity index (χ0n) is 14.5. The lowest BCUT2D eigenvalue weighted by atomic mass is 9.92. The van der Waals surface area contributed by atoms with E-state index in [1.807, 2.05) is 0 Å². The van der Waals surface area contributed by atoms with Gasteiger partial charge in [0, 0.05) is 28.4 Å². The summed E-state index contributed by atoms with van der Waals surface area (Å²) in [7, 11) is 0. The zero-order chi connectivity index (χ0) is 19.9. The molecule has 0 aliphatic carbocycles. The summed E-state index contributed by atoms with van der Waals surface area (Å²) in [6, 6.07) is 4.83. The van der Waals surface area contributed by atoms with Gasteiger partial charge in [0.1, 0.15) is 11.4 Å². The van der Waals surface area contributed by atoms with E-state index in [2.05, 4.69) is 20.3 Å². The fraction of sp³-hybridized carbons (Fsp3) is 0.167. The Balaban J connectivity index is 1.59. The number of benzene rings is 1. The van der Waals surface area contributed by atoms with Crippen LogP contribution in [0.15, 0.2) is 42.0 Å². The van der Waals surface area contributed by atoms with Gasteiger partial charge < -0.3 is 5.32 Å². The number of thiazole rings is 1. The summed E-state index contributed by atoms with van der Waals surface area (Å²) in [5.41, 5.74) is -0.526. The highest BCUT2D eigenvalue weighted by Gasteiger charge is 2.50. The monoisotopic (exact) mass is 417 g/mol. The van der Waals surface area contributed by atoms with E-state index in [9.17, 15) is 14.0 Å². The van der Waals surface area contributed by atoms with Gasteiger partial charge in [0.05, 0.1) is 12.2 Å². The number of imide groups is 1. The number of halogens is 2. The van der Waals surface area contributed by atoms with Crippen molar-refractivity contribution in [1.29, 1.82) is 0 Å². The average Bonchev–Trinajstić information content (AvgIpc) is 3.22. The summed E-state index contributed by atoms with van der Waals surface area (Å²) < 4.78 is 13.4. The van der Waals surface area contributed by atoms with E-state index in [4.69, 9.17) is 11.6 Å². The van der Waals surface area contributed by atoms with Crippen molar-refractivity contribution in [1.82, 2.24) is 25.2 Å². The van der Waals surface area contributed by atoms with E-state index in [0.717, 1.165) is 11.0 Å². The molecule has 1 aliphatic heterocycles. The number of hydrogen-bond donors (Lipinski definition) is 1. The molecule has 0 spiro atoms. The quantitative estimate of drug-likeness (QED) is 0.657. The molecule has 0 radical (unpaired) electrons. The lowest BCUT2D eigenvalue weighted by Gasteiger charge is -2.23. The lowest BCUT2D eigenvalue weighted by molar-refractivity contribution is -0.131. The van der Waals surface area contributed by atoms with Crippen molar-refractivity contribution in [3.05, 3.63) is 64.1 Å². The molecule has 142 valence electrons. The summed E-state index contributed by atoms with van der Waals surface area (Å²) in [6.07, 6.45) is 3.22. The fourth-order valence-electron chi connectivity index (χ4n) is 2.97. The van der Waals surface area contributed by atoms with Gasteiger partial charge in [-0.25, -0.2) is 24.1 Å². The number of hydrogen-bond acceptors (Lipinski definition) is 6. The van der Waals surface area contributed by atoms with Crippen LogP contribution in [0.4, 0.5) is 9.18 Å². The number of nitrogens with one attached hydrogen (secondary N) is 1. The van der Waals surface area contributed by atoms with Crippen molar-refractivity contribution >= 4 is 34.9 Å². The lowest BCUT2D eigenvalue weighted by Crippen LogP contribution is -2.41. The van der Waals surface area contributed by atoms with Gasteiger partial charge in [-0.15, -0.1) is 11.3 Å². The predicted octanol–water partition coefficient (Wildman–Crippen LogP) is 3.36. The van der Waals surface area contributed by atoms with Crippen molar-refractivity contribution in [2.24, 2.45) is 0 Å². The van der Waals surface area contributed by atoms with Gasteiger partial charge in [0.15, 0.2) is 10.8 Å². The van der Waals surface area contributed by atoms with E-state index in [-0.39, 0.29) is 11.6 Å². The SMILES string of the molecule is CC1(c2ccc(F)cc2Cl)NC(=O)N(Cc2csc(-c3ncccn3)n2)C1=O. The topological polar surface area (TPSA) is 88.1 Å². The molecule has 1 aromatic carbocycles. The molecule has 1 unspecified atom stereocenters. The van der Waals surface area contributed by atoms with Crippen LogP contribution < -0.4 is 5.32 Å². The van der Waals surface area contributed by atoms with Crippen LogP contribution >= 0.6 is 22.9 Å². The Morgan fingerprint density at radius 1 is 1.29 bits per heavy atom. The third-order valence-electron chi connectivity index (χ3n) is 4.37. The largest absolute Gasteiger partial charge is 0.325 e. The number of amides is 3. The highest BCUT2D eigenvalue weighted by Crippen LogP contribution is 2.34. The van der Waals surface area contributed by atoms with Crippen molar-refractivity contribution in [2.75, 3.05) is 0 Å². The van der Waals surface area contributed by atoms with Gasteiger partial charge in [-0.3, -0.25) is 9.69 Å². The second kappa shape index (κ2) is 6.92. The van der Waals surface area contributed by atoms with Crippen LogP contribution in [0, 0.1) is 5.82 Å². The number of rotatable bonds is 4. The molecule has 1 saturated heterocycles. The van der Waals surface area contributed by atoms with Crippen molar-refractivity contribution in [3.8, 4) is 10.8 Å². The van der Waals surface area contributed by atoms with Gasteiger partial charge in [-0.05, 0) is 25.1 Å². The molecule has 1 fully saturated rings. The number of urea groups is 1. The van der Waals surface area contributed by atoms with E-state index < -0.39 is 23.3 Å². The standard InChI is InChI=1S/C18H13ClFN5O2S/c1-18(12-4-3-10(20)7-13(12)19)16(26)25(17(27)24-18)8-11-9-28-15(23-11)14-21-5-2-6-22-14/h2-7,9H,8H2,1H3,(H,24,27). The van der Waals surface area contributed by atoms with Crippen LogP contribution in [0.2, 0.25) is 5.02 Å². The molecule has 2 aromatic heterocycles. The fourth-order valence-corrected chi connectivity index (χ4v) is 4.08. The van der Waals surface area contributed by atoms with Crippen LogP contribution in [0.1, 0.15) is 18.2 Å². The summed E-state index contributed by atoms with van der Waals surface area (Å²) in [4.78, 5) is 39.2. The molecular formula is C18H13ClFN5O2S. The highest BCUT2D eigenvalue weighted by atomic mass is 35.5. The van der Waals surface area contributed by atoms with Crippen molar-refractivity contribution in [3.63, 3.8) is 0 Å². The Labute approximate surface area is 168 Å². The molecule has 10 heteroatoms. The normalized spacial score (nSPS) is 19.2. The Hall–Kier alpha value is -2.91. The molecule has 3 heterocycles. The average molecular weight is 418 g/mol. The highest BCUT2D eigenvalue weighted by molar-refractivity contribution is 7.13. The number of carbonyl (C=O) groups is 2. The minimum absolute atomic E-state index is 0.0115. The van der Waals surface area contributed by atoms with Crippen LogP contribution in [-0.4, -0.2) is 31.8 Å². The second-order valence-electron chi connectivity index (χ2n) is 6.29. The first kappa shape index (κ1) is 18.5. The predicted molar refractivity (Wildman–Crippen MR) is 101 cm³/mol. The van der Waals surface area contributed by atoms with Gasteiger partial charge >= 0.3 is 6.03 Å². The molecular weight excluding hydrogens is 405 g/mol. The molecule has 7 nitrogen and oxygen atoms in total. The Kier molecular flexibility index (Phi) is 4.56. The Morgan fingerprint density at radius 2 is 2.04 bits per heavy atom. The molecule has 1 atom stereocenters. The Bertz CT molecular complexity index is 1080. The van der Waals surface area contributed by atoms with E-state index in [1.54, 1.807) is 23.8 Å². The summed E-state index contributed by atoms with van der Waals surface area (Å²) in [5, 5.41) is 5.04. The van der Waals surface area contributed by atoms with Gasteiger partial charge in [0.2, 0.25) is 0 Å². The molecule has 3 amide bonds. The van der Waals surface area contributed by atoms with Crippen molar-refractivity contribution in [2.45, 2.75) is 19.0 Å². The maximum atomic E-state index is 13.4. The molecule has 4 rings (SSSR count). The Morgan fingerprint density at radius 3 is 2.75 bits per heavy atom.